The number of rotatable bonds is 4. The summed E-state index contributed by atoms with van der Waals surface area (Å²) in [5, 5.41) is 8.34. The van der Waals surface area contributed by atoms with Gasteiger partial charge in [0.25, 0.3) is 0 Å². The van der Waals surface area contributed by atoms with Gasteiger partial charge in [-0.1, -0.05) is 12.8 Å². The van der Waals surface area contributed by atoms with Crippen molar-refractivity contribution in [1.29, 1.82) is 5.26 Å². The van der Waals surface area contributed by atoms with Crippen molar-refractivity contribution in [2.75, 3.05) is 6.61 Å². The van der Waals surface area contributed by atoms with Crippen molar-refractivity contribution < 1.29 is 4.74 Å². The van der Waals surface area contributed by atoms with E-state index in [1.807, 2.05) is 6.07 Å². The van der Waals surface area contributed by atoms with Crippen LogP contribution in [0.4, 0.5) is 0 Å². The molecule has 10 heavy (non-hydrogen) atoms. The van der Waals surface area contributed by atoms with E-state index in [4.69, 9.17) is 10.00 Å². The zero-order valence-corrected chi connectivity index (χ0v) is 6.34. The largest absolute Gasteiger partial charge is 0.364 e. The Morgan fingerprint density at radius 1 is 1.70 bits per heavy atom. The maximum Gasteiger partial charge on any atom is 0.141 e. The second kappa shape index (κ2) is 3.58. The van der Waals surface area contributed by atoms with Crippen LogP contribution in [0, 0.1) is 17.2 Å². The van der Waals surface area contributed by atoms with E-state index in [1.165, 1.54) is 12.8 Å². The highest BCUT2D eigenvalue weighted by Gasteiger charge is 2.20. The van der Waals surface area contributed by atoms with Gasteiger partial charge in [0.2, 0.25) is 0 Å². The van der Waals surface area contributed by atoms with Crippen LogP contribution in [0.15, 0.2) is 0 Å². The highest BCUT2D eigenvalue weighted by Crippen LogP contribution is 2.32. The summed E-state index contributed by atoms with van der Waals surface area (Å²) in [6.45, 7) is 2.55. The molecule has 0 aromatic carbocycles. The van der Waals surface area contributed by atoms with Gasteiger partial charge in [-0.3, -0.25) is 0 Å². The molecule has 0 amide bonds. The molecule has 0 heterocycles. The lowest BCUT2D eigenvalue weighted by Crippen LogP contribution is -2.06. The topological polar surface area (TPSA) is 33.0 Å². The Morgan fingerprint density at radius 2 is 2.40 bits per heavy atom. The average molecular weight is 139 g/mol. The van der Waals surface area contributed by atoms with Crippen LogP contribution in [0.2, 0.25) is 0 Å². The number of hydrogen-bond acceptors (Lipinski definition) is 2. The van der Waals surface area contributed by atoms with E-state index in [2.05, 4.69) is 0 Å². The predicted molar refractivity (Wildman–Crippen MR) is 38.4 cm³/mol. The van der Waals surface area contributed by atoms with Crippen molar-refractivity contribution in [3.8, 4) is 6.07 Å². The molecule has 0 N–H and O–H groups in total. The maximum absolute atomic E-state index is 8.34. The van der Waals surface area contributed by atoms with E-state index in [1.54, 1.807) is 6.92 Å². The second-order valence-corrected chi connectivity index (χ2v) is 2.87. The lowest BCUT2D eigenvalue weighted by molar-refractivity contribution is 0.0970. The molecule has 0 aromatic heterocycles. The fourth-order valence-corrected chi connectivity index (χ4v) is 0.855. The Hall–Kier alpha value is -0.550. The summed E-state index contributed by atoms with van der Waals surface area (Å²) in [7, 11) is 0. The van der Waals surface area contributed by atoms with Crippen LogP contribution in [0.5, 0.6) is 0 Å². The van der Waals surface area contributed by atoms with Gasteiger partial charge >= 0.3 is 0 Å². The van der Waals surface area contributed by atoms with Crippen LogP contribution in [0.3, 0.4) is 0 Å². The standard InChI is InChI=1S/C8H13NO/c1-7(6-9)10-5-4-8-2-3-8/h7-8H,2-5H2,1H3. The third kappa shape index (κ3) is 2.84. The van der Waals surface area contributed by atoms with E-state index < -0.39 is 0 Å². The Bertz CT molecular complexity index is 135. The first kappa shape index (κ1) is 7.56. The molecule has 1 rings (SSSR count). The van der Waals surface area contributed by atoms with Crippen molar-refractivity contribution >= 4 is 0 Å². The SMILES string of the molecule is CC(C#N)OCCC1CC1. The molecule has 0 bridgehead atoms. The monoisotopic (exact) mass is 139 g/mol. The molecule has 0 radical (unpaired) electrons. The molecule has 0 saturated heterocycles. The number of nitrogens with zero attached hydrogens (tertiary/aromatic N) is 1. The Balaban J connectivity index is 1.89. The van der Waals surface area contributed by atoms with Gasteiger partial charge < -0.3 is 4.74 Å². The zero-order chi connectivity index (χ0) is 7.40. The molecule has 1 saturated carbocycles. The summed E-state index contributed by atoms with van der Waals surface area (Å²) in [5.41, 5.74) is 0. The van der Waals surface area contributed by atoms with Crippen LogP contribution in [-0.2, 0) is 4.74 Å². The van der Waals surface area contributed by atoms with E-state index in [-0.39, 0.29) is 6.10 Å². The molecule has 0 spiro atoms. The van der Waals surface area contributed by atoms with Gasteiger partial charge in [0.15, 0.2) is 0 Å². The minimum atomic E-state index is -0.223. The van der Waals surface area contributed by atoms with Gasteiger partial charge in [-0.2, -0.15) is 5.26 Å². The zero-order valence-electron chi connectivity index (χ0n) is 6.34. The fraction of sp³-hybridized carbons (Fsp3) is 0.875. The molecule has 2 nitrogen and oxygen atoms in total. The molecule has 0 aliphatic heterocycles. The lowest BCUT2D eigenvalue weighted by atomic mass is 10.3. The number of ether oxygens (including phenoxy) is 1. The van der Waals surface area contributed by atoms with Crippen LogP contribution in [-0.4, -0.2) is 12.7 Å². The van der Waals surface area contributed by atoms with E-state index in [9.17, 15) is 0 Å². The quantitative estimate of drug-likeness (QED) is 0.594. The molecule has 1 aliphatic rings. The van der Waals surface area contributed by atoms with Gasteiger partial charge in [0, 0.05) is 6.61 Å². The maximum atomic E-state index is 8.34. The smallest absolute Gasteiger partial charge is 0.141 e. The van der Waals surface area contributed by atoms with Crippen LogP contribution >= 0.6 is 0 Å². The minimum Gasteiger partial charge on any atom is -0.364 e. The van der Waals surface area contributed by atoms with E-state index in [0.717, 1.165) is 18.9 Å². The van der Waals surface area contributed by atoms with Crippen molar-refractivity contribution in [1.82, 2.24) is 0 Å². The molecule has 0 aromatic rings. The van der Waals surface area contributed by atoms with Gasteiger partial charge in [0.1, 0.15) is 6.10 Å². The summed E-state index contributed by atoms with van der Waals surface area (Å²) in [6.07, 6.45) is 3.65. The van der Waals surface area contributed by atoms with Gasteiger partial charge in [0.05, 0.1) is 6.07 Å². The average Bonchev–Trinajstić information content (AvgIpc) is 2.71. The van der Waals surface area contributed by atoms with Crippen molar-refractivity contribution in [2.24, 2.45) is 5.92 Å². The fourth-order valence-electron chi connectivity index (χ4n) is 0.855. The number of nitriles is 1. The molecular weight excluding hydrogens is 126 g/mol. The minimum absolute atomic E-state index is 0.223. The molecule has 1 aliphatic carbocycles. The normalized spacial score (nSPS) is 20.0. The first-order valence-corrected chi connectivity index (χ1v) is 3.84. The Kier molecular flexibility index (Phi) is 2.70. The van der Waals surface area contributed by atoms with E-state index >= 15 is 0 Å². The van der Waals surface area contributed by atoms with Crippen molar-refractivity contribution in [3.05, 3.63) is 0 Å². The first-order valence-electron chi connectivity index (χ1n) is 3.84. The lowest BCUT2D eigenvalue weighted by Gasteiger charge is -2.02. The molecular formula is C8H13NO. The predicted octanol–water partition coefficient (Wildman–Crippen LogP) is 1.72. The molecule has 1 fully saturated rings. The van der Waals surface area contributed by atoms with E-state index in [0.29, 0.717) is 0 Å². The third-order valence-corrected chi connectivity index (χ3v) is 1.77. The summed E-state index contributed by atoms with van der Waals surface area (Å²) in [6, 6.07) is 2.04. The van der Waals surface area contributed by atoms with Crippen molar-refractivity contribution in [3.63, 3.8) is 0 Å². The Morgan fingerprint density at radius 3 is 2.90 bits per heavy atom. The summed E-state index contributed by atoms with van der Waals surface area (Å²) in [5.74, 6) is 0.908. The summed E-state index contributed by atoms with van der Waals surface area (Å²) in [4.78, 5) is 0. The second-order valence-electron chi connectivity index (χ2n) is 2.87. The first-order chi connectivity index (χ1) is 4.83. The van der Waals surface area contributed by atoms with Crippen molar-refractivity contribution in [2.45, 2.75) is 32.3 Å². The van der Waals surface area contributed by atoms with Crippen LogP contribution < -0.4 is 0 Å². The molecule has 1 unspecified atom stereocenters. The molecule has 1 atom stereocenters. The molecule has 56 valence electrons. The highest BCUT2D eigenvalue weighted by atomic mass is 16.5. The van der Waals surface area contributed by atoms with Gasteiger partial charge in [-0.25, -0.2) is 0 Å². The van der Waals surface area contributed by atoms with Crippen LogP contribution in [0.25, 0.3) is 0 Å². The van der Waals surface area contributed by atoms with Crippen LogP contribution in [0.1, 0.15) is 26.2 Å². The highest BCUT2D eigenvalue weighted by molar-refractivity contribution is 4.79. The van der Waals surface area contributed by atoms with Gasteiger partial charge in [-0.15, -0.1) is 0 Å². The summed E-state index contributed by atoms with van der Waals surface area (Å²) < 4.78 is 5.18. The Labute approximate surface area is 61.8 Å². The summed E-state index contributed by atoms with van der Waals surface area (Å²) >= 11 is 0. The number of hydrogen-bond donors (Lipinski definition) is 0. The van der Waals surface area contributed by atoms with Gasteiger partial charge in [-0.05, 0) is 19.3 Å². The molecule has 2 heteroatoms. The third-order valence-electron chi connectivity index (χ3n) is 1.77.